The highest BCUT2D eigenvalue weighted by Gasteiger charge is 2.41. The topological polar surface area (TPSA) is 81.8 Å². The minimum absolute atomic E-state index is 0.0182. The minimum atomic E-state index is -4.62. The molecule has 0 aliphatic heterocycles. The van der Waals surface area contributed by atoms with E-state index in [0.29, 0.717) is 17.9 Å². The van der Waals surface area contributed by atoms with Crippen LogP contribution in [0.15, 0.2) is 11.1 Å². The van der Waals surface area contributed by atoms with E-state index in [4.69, 9.17) is 11.6 Å². The smallest absolute Gasteiger partial charge is 0.269 e. The van der Waals surface area contributed by atoms with E-state index in [9.17, 15) is 21.6 Å². The molecule has 0 atom stereocenters. The van der Waals surface area contributed by atoms with Gasteiger partial charge in [0, 0.05) is 25.6 Å². The fourth-order valence-electron chi connectivity index (χ4n) is 3.08. The largest absolute Gasteiger partial charge is 0.436 e. The molecule has 28 heavy (non-hydrogen) atoms. The normalized spacial score (nSPS) is 15.4. The summed E-state index contributed by atoms with van der Waals surface area (Å²) < 4.78 is 69.3. The number of rotatable bonds is 8. The van der Waals surface area contributed by atoms with E-state index in [0.717, 1.165) is 12.8 Å². The maximum Gasteiger partial charge on any atom is 0.436 e. The van der Waals surface area contributed by atoms with Gasteiger partial charge in [0.25, 0.3) is 0 Å². The van der Waals surface area contributed by atoms with Gasteiger partial charge in [-0.05, 0) is 33.1 Å². The molecule has 2 aromatic rings. The zero-order chi connectivity index (χ0) is 20.7. The molecule has 3 rings (SSSR count). The van der Waals surface area contributed by atoms with Crippen LogP contribution in [0.5, 0.6) is 0 Å². The summed E-state index contributed by atoms with van der Waals surface area (Å²) in [6.45, 7) is 4.26. The summed E-state index contributed by atoms with van der Waals surface area (Å²) in [6.07, 6.45) is -1.51. The van der Waals surface area contributed by atoms with E-state index in [1.54, 1.807) is 11.6 Å². The summed E-state index contributed by atoms with van der Waals surface area (Å²) in [4.78, 5) is 0.0921. The predicted molar refractivity (Wildman–Crippen MR) is 96.7 cm³/mol. The second-order valence-electron chi connectivity index (χ2n) is 6.70. The van der Waals surface area contributed by atoms with Crippen LogP contribution in [0.3, 0.4) is 0 Å². The third-order valence-corrected chi connectivity index (χ3v) is 6.59. The lowest BCUT2D eigenvalue weighted by Gasteiger charge is -2.09. The van der Waals surface area contributed by atoms with Crippen LogP contribution in [0.2, 0.25) is 5.02 Å². The molecule has 1 N–H and O–H groups in total. The number of sulfonamides is 1. The quantitative estimate of drug-likeness (QED) is 0.640. The average molecular weight is 440 g/mol. The van der Waals surface area contributed by atoms with Crippen LogP contribution in [0.25, 0.3) is 0 Å². The summed E-state index contributed by atoms with van der Waals surface area (Å²) in [5.41, 5.74) is -0.170. The first kappa shape index (κ1) is 21.1. The first-order valence-corrected chi connectivity index (χ1v) is 10.8. The molecule has 1 aliphatic rings. The van der Waals surface area contributed by atoms with Crippen molar-refractivity contribution in [2.24, 2.45) is 0 Å². The van der Waals surface area contributed by atoms with E-state index in [-0.39, 0.29) is 35.3 Å². The lowest BCUT2D eigenvalue weighted by molar-refractivity contribution is -0.141. The van der Waals surface area contributed by atoms with Gasteiger partial charge in [-0.25, -0.2) is 13.1 Å². The highest BCUT2D eigenvalue weighted by Crippen LogP contribution is 2.46. The van der Waals surface area contributed by atoms with Gasteiger partial charge in [-0.1, -0.05) is 11.6 Å². The van der Waals surface area contributed by atoms with Crippen molar-refractivity contribution < 1.29 is 21.6 Å². The van der Waals surface area contributed by atoms with E-state index in [1.165, 1.54) is 10.9 Å². The molecule has 12 heteroatoms. The second-order valence-corrected chi connectivity index (χ2v) is 8.82. The Bertz CT molecular complexity index is 964. The second kappa shape index (κ2) is 7.68. The molecule has 7 nitrogen and oxygen atoms in total. The molecule has 2 aromatic heterocycles. The Hall–Kier alpha value is -1.59. The molecule has 0 unspecified atom stereocenters. The van der Waals surface area contributed by atoms with Crippen molar-refractivity contribution in [1.29, 1.82) is 0 Å². The van der Waals surface area contributed by atoms with Crippen molar-refractivity contribution in [3.8, 4) is 0 Å². The monoisotopic (exact) mass is 439 g/mol. The van der Waals surface area contributed by atoms with Gasteiger partial charge in [0.2, 0.25) is 10.0 Å². The van der Waals surface area contributed by atoms with Crippen molar-refractivity contribution >= 4 is 21.6 Å². The van der Waals surface area contributed by atoms with Gasteiger partial charge in [-0.3, -0.25) is 9.36 Å². The number of hydrogen-bond donors (Lipinski definition) is 1. The molecule has 156 valence electrons. The van der Waals surface area contributed by atoms with Gasteiger partial charge < -0.3 is 0 Å². The Balaban J connectivity index is 1.66. The van der Waals surface area contributed by atoms with Gasteiger partial charge in [-0.2, -0.15) is 23.4 Å². The Morgan fingerprint density at radius 1 is 1.32 bits per heavy atom. The van der Waals surface area contributed by atoms with Gasteiger partial charge in [0.05, 0.1) is 22.6 Å². The number of aryl methyl sites for hydroxylation is 2. The Labute approximate surface area is 165 Å². The maximum atomic E-state index is 13.1. The molecule has 0 bridgehead atoms. The fourth-order valence-corrected chi connectivity index (χ4v) is 4.72. The van der Waals surface area contributed by atoms with Gasteiger partial charge in [0.15, 0.2) is 5.69 Å². The van der Waals surface area contributed by atoms with E-state index in [1.807, 2.05) is 6.92 Å². The van der Waals surface area contributed by atoms with Gasteiger partial charge in [0.1, 0.15) is 4.90 Å². The van der Waals surface area contributed by atoms with Crippen LogP contribution in [0.1, 0.15) is 49.2 Å². The van der Waals surface area contributed by atoms with Gasteiger partial charge >= 0.3 is 6.18 Å². The molecule has 0 radical (unpaired) electrons. The van der Waals surface area contributed by atoms with Crippen molar-refractivity contribution in [2.75, 3.05) is 6.54 Å². The van der Waals surface area contributed by atoms with Crippen LogP contribution < -0.4 is 4.72 Å². The van der Waals surface area contributed by atoms with Gasteiger partial charge in [-0.15, -0.1) is 0 Å². The molecule has 2 heterocycles. The SMILES string of the molecule is CCn1ncc(S(=O)(=O)NCCCn2nc(C(F)(F)F)c(Cl)c2C2CC2)c1C. The fraction of sp³-hybridized carbons (Fsp3) is 0.625. The lowest BCUT2D eigenvalue weighted by atomic mass is 10.2. The first-order chi connectivity index (χ1) is 13.1. The molecular formula is C16H21ClF3N5O2S. The summed E-state index contributed by atoms with van der Waals surface area (Å²) >= 11 is 5.92. The summed E-state index contributed by atoms with van der Waals surface area (Å²) in [5, 5.41) is 7.30. The molecule has 0 spiro atoms. The molecule has 1 saturated carbocycles. The van der Waals surface area contributed by atoms with Crippen LogP contribution in [-0.2, 0) is 29.3 Å². The number of nitrogens with one attached hydrogen (secondary N) is 1. The molecule has 1 fully saturated rings. The van der Waals surface area contributed by atoms with E-state index < -0.39 is 21.9 Å². The third-order valence-electron chi connectivity index (χ3n) is 4.65. The Morgan fingerprint density at radius 2 is 2.00 bits per heavy atom. The predicted octanol–water partition coefficient (Wildman–Crippen LogP) is 3.33. The molecule has 0 amide bonds. The van der Waals surface area contributed by atoms with Crippen LogP contribution in [0.4, 0.5) is 13.2 Å². The number of aromatic nitrogens is 4. The Morgan fingerprint density at radius 3 is 2.54 bits per heavy atom. The highest BCUT2D eigenvalue weighted by molar-refractivity contribution is 7.89. The molecule has 1 aliphatic carbocycles. The summed E-state index contributed by atoms with van der Waals surface area (Å²) in [6, 6.07) is 0. The molecular weight excluding hydrogens is 419 g/mol. The average Bonchev–Trinajstić information content (AvgIpc) is 3.27. The number of alkyl halides is 3. The lowest BCUT2D eigenvalue weighted by Crippen LogP contribution is -2.26. The number of nitrogens with zero attached hydrogens (tertiary/aromatic N) is 4. The standard InChI is InChI=1S/C16H21ClF3N5O2S/c1-3-24-10(2)12(9-21-24)28(26,27)22-7-4-8-25-14(11-5-6-11)13(17)15(23-25)16(18,19)20/h9,11,22H,3-8H2,1-2H3. The number of hydrogen-bond acceptors (Lipinski definition) is 4. The van der Waals surface area contributed by atoms with Crippen molar-refractivity contribution in [3.63, 3.8) is 0 Å². The first-order valence-electron chi connectivity index (χ1n) is 8.91. The third kappa shape index (κ3) is 4.20. The summed E-state index contributed by atoms with van der Waals surface area (Å²) in [5.74, 6) is -0.0182. The van der Waals surface area contributed by atoms with Crippen LogP contribution in [0, 0.1) is 6.92 Å². The zero-order valence-electron chi connectivity index (χ0n) is 15.4. The molecule has 0 saturated heterocycles. The van der Waals surface area contributed by atoms with Crippen LogP contribution >= 0.6 is 11.6 Å². The van der Waals surface area contributed by atoms with Crippen LogP contribution in [-0.4, -0.2) is 34.5 Å². The van der Waals surface area contributed by atoms with Crippen molar-refractivity contribution in [2.45, 2.75) is 63.2 Å². The summed E-state index contributed by atoms with van der Waals surface area (Å²) in [7, 11) is -3.74. The Kier molecular flexibility index (Phi) is 5.79. The zero-order valence-corrected chi connectivity index (χ0v) is 17.0. The number of halogens is 4. The maximum absolute atomic E-state index is 13.1. The minimum Gasteiger partial charge on any atom is -0.269 e. The highest BCUT2D eigenvalue weighted by atomic mass is 35.5. The van der Waals surface area contributed by atoms with E-state index in [2.05, 4.69) is 14.9 Å². The molecule has 0 aromatic carbocycles. The van der Waals surface area contributed by atoms with E-state index >= 15 is 0 Å². The van der Waals surface area contributed by atoms with Crippen molar-refractivity contribution in [1.82, 2.24) is 24.3 Å². The van der Waals surface area contributed by atoms with Crippen molar-refractivity contribution in [3.05, 3.63) is 28.3 Å².